The monoisotopic (exact) mass is 288 g/mol. The first-order valence-electron chi connectivity index (χ1n) is 6.96. The number of aryl methyl sites for hydroxylation is 2. The van der Waals surface area contributed by atoms with Gasteiger partial charge in [-0.1, -0.05) is 6.07 Å². The molecule has 112 valence electrons. The van der Waals surface area contributed by atoms with Gasteiger partial charge in [-0.3, -0.25) is 4.79 Å². The Morgan fingerprint density at radius 2 is 2.05 bits per heavy atom. The van der Waals surface area contributed by atoms with E-state index in [0.717, 1.165) is 11.1 Å². The second-order valence-electron chi connectivity index (χ2n) is 5.65. The van der Waals surface area contributed by atoms with Crippen LogP contribution in [0.25, 0.3) is 5.57 Å². The minimum Gasteiger partial charge on any atom is -0.511 e. The topological polar surface area (TPSA) is 63.6 Å². The molecular weight excluding hydrogens is 268 g/mol. The van der Waals surface area contributed by atoms with Crippen LogP contribution in [0, 0.1) is 19.8 Å². The predicted octanol–water partition coefficient (Wildman–Crippen LogP) is 3.15. The maximum absolute atomic E-state index is 12.3. The number of carbonyl (C=O) groups is 2. The molecule has 2 rings (SSSR count). The molecule has 1 aromatic carbocycles. The summed E-state index contributed by atoms with van der Waals surface area (Å²) in [5, 5.41) is 10.4. The molecule has 1 N–H and O–H groups in total. The summed E-state index contributed by atoms with van der Waals surface area (Å²) in [6, 6.07) is 3.79. The Labute approximate surface area is 124 Å². The molecule has 0 amide bonds. The molecule has 1 aliphatic carbocycles. The van der Waals surface area contributed by atoms with Crippen molar-refractivity contribution in [3.8, 4) is 5.75 Å². The van der Waals surface area contributed by atoms with Crippen LogP contribution in [0.1, 0.15) is 36.5 Å². The van der Waals surface area contributed by atoms with Gasteiger partial charge in [0, 0.05) is 24.3 Å². The van der Waals surface area contributed by atoms with E-state index >= 15 is 0 Å². The van der Waals surface area contributed by atoms with Crippen molar-refractivity contribution in [2.24, 2.45) is 5.92 Å². The maximum atomic E-state index is 12.3. The lowest BCUT2D eigenvalue weighted by Gasteiger charge is -2.14. The Morgan fingerprint density at radius 1 is 1.38 bits per heavy atom. The Balaban J connectivity index is 2.57. The molecule has 1 unspecified atom stereocenters. The minimum absolute atomic E-state index is 0.0143. The van der Waals surface area contributed by atoms with Gasteiger partial charge in [0.25, 0.3) is 0 Å². The Hall–Kier alpha value is -2.10. The Morgan fingerprint density at radius 3 is 2.62 bits per heavy atom. The molecule has 1 aromatic rings. The molecule has 0 aromatic heterocycles. The number of aliphatic hydroxyl groups excluding tert-OH is 1. The number of hydrogen-bond donors (Lipinski definition) is 1. The highest BCUT2D eigenvalue weighted by molar-refractivity contribution is 6.24. The first-order chi connectivity index (χ1) is 9.85. The van der Waals surface area contributed by atoms with Gasteiger partial charge in [-0.15, -0.1) is 0 Å². The highest BCUT2D eigenvalue weighted by Gasteiger charge is 2.35. The van der Waals surface area contributed by atoms with Gasteiger partial charge in [0.2, 0.25) is 0 Å². The molecule has 4 heteroatoms. The average molecular weight is 288 g/mol. The van der Waals surface area contributed by atoms with Crippen LogP contribution < -0.4 is 4.74 Å². The molecule has 0 fully saturated rings. The van der Waals surface area contributed by atoms with Gasteiger partial charge in [0.05, 0.1) is 12.7 Å². The van der Waals surface area contributed by atoms with Gasteiger partial charge in [-0.05, 0) is 38.0 Å². The molecule has 1 atom stereocenters. The summed E-state index contributed by atoms with van der Waals surface area (Å²) in [4.78, 5) is 23.6. The number of aliphatic hydroxyl groups is 1. The van der Waals surface area contributed by atoms with Crippen LogP contribution in [0.4, 0.5) is 0 Å². The van der Waals surface area contributed by atoms with E-state index in [1.54, 1.807) is 7.11 Å². The molecule has 0 radical (unpaired) electrons. The van der Waals surface area contributed by atoms with Crippen molar-refractivity contribution in [3.05, 3.63) is 34.6 Å². The number of benzene rings is 1. The quantitative estimate of drug-likeness (QED) is 0.924. The summed E-state index contributed by atoms with van der Waals surface area (Å²) in [5.74, 6) is 0.0129. The Bertz CT molecular complexity index is 640. The van der Waals surface area contributed by atoms with E-state index < -0.39 is 5.92 Å². The molecule has 1 aliphatic rings. The summed E-state index contributed by atoms with van der Waals surface area (Å²) >= 11 is 0. The molecule has 4 nitrogen and oxygen atoms in total. The first-order valence-corrected chi connectivity index (χ1v) is 6.96. The molecule has 0 aliphatic heterocycles. The standard InChI is InChI=1S/C17H20O4/c1-9-5-10(2)15(14(6-9)21-4)16-13(19)8-12(17(16)20)7-11(3)18/h5-6,12,20H,7-8H2,1-4H3. The predicted molar refractivity (Wildman–Crippen MR) is 80.4 cm³/mol. The third kappa shape index (κ3) is 2.84. The lowest BCUT2D eigenvalue weighted by Crippen LogP contribution is -2.05. The zero-order valence-electron chi connectivity index (χ0n) is 12.8. The van der Waals surface area contributed by atoms with E-state index in [0.29, 0.717) is 16.9 Å². The number of rotatable bonds is 4. The minimum atomic E-state index is -0.407. The van der Waals surface area contributed by atoms with Crippen LogP contribution in [0.2, 0.25) is 0 Å². The molecule has 21 heavy (non-hydrogen) atoms. The lowest BCUT2D eigenvalue weighted by atomic mass is 9.96. The van der Waals surface area contributed by atoms with Gasteiger partial charge in [-0.25, -0.2) is 0 Å². The molecule has 0 spiro atoms. The number of allylic oxidation sites excluding steroid dienone is 2. The summed E-state index contributed by atoms with van der Waals surface area (Å²) < 4.78 is 5.37. The molecule has 0 bridgehead atoms. The zero-order chi connectivity index (χ0) is 15.7. The summed E-state index contributed by atoms with van der Waals surface area (Å²) in [7, 11) is 1.54. The van der Waals surface area contributed by atoms with Crippen molar-refractivity contribution in [1.29, 1.82) is 0 Å². The SMILES string of the molecule is COc1cc(C)cc(C)c1C1=C(O)C(CC(C)=O)CC1=O. The highest BCUT2D eigenvalue weighted by atomic mass is 16.5. The summed E-state index contributed by atoms with van der Waals surface area (Å²) in [6.45, 7) is 5.30. The maximum Gasteiger partial charge on any atom is 0.167 e. The largest absolute Gasteiger partial charge is 0.511 e. The van der Waals surface area contributed by atoms with E-state index in [9.17, 15) is 14.7 Å². The summed E-state index contributed by atoms with van der Waals surface area (Å²) in [5.41, 5.74) is 2.84. The highest BCUT2D eigenvalue weighted by Crippen LogP contribution is 2.41. The van der Waals surface area contributed by atoms with Crippen molar-refractivity contribution < 1.29 is 19.4 Å². The van der Waals surface area contributed by atoms with Crippen molar-refractivity contribution in [2.45, 2.75) is 33.6 Å². The fourth-order valence-electron chi connectivity index (χ4n) is 2.96. The van der Waals surface area contributed by atoms with Crippen LogP contribution >= 0.6 is 0 Å². The number of Topliss-reactive ketones (excluding diaryl/α,β-unsaturated/α-hetero) is 2. The van der Waals surface area contributed by atoms with E-state index in [2.05, 4.69) is 0 Å². The van der Waals surface area contributed by atoms with Crippen molar-refractivity contribution >= 4 is 17.1 Å². The van der Waals surface area contributed by atoms with Crippen LogP contribution in [0.5, 0.6) is 5.75 Å². The number of ether oxygens (including phenoxy) is 1. The van der Waals surface area contributed by atoms with E-state index in [1.165, 1.54) is 6.92 Å². The second-order valence-corrected chi connectivity index (χ2v) is 5.65. The summed E-state index contributed by atoms with van der Waals surface area (Å²) in [6.07, 6.45) is 0.367. The normalized spacial score (nSPS) is 18.3. The van der Waals surface area contributed by atoms with Crippen molar-refractivity contribution in [1.82, 2.24) is 0 Å². The third-order valence-corrected chi connectivity index (χ3v) is 3.80. The first kappa shape index (κ1) is 15.3. The Kier molecular flexibility index (Phi) is 4.16. The smallest absolute Gasteiger partial charge is 0.167 e. The van der Waals surface area contributed by atoms with Crippen molar-refractivity contribution in [3.63, 3.8) is 0 Å². The van der Waals surface area contributed by atoms with E-state index in [1.807, 2.05) is 26.0 Å². The second kappa shape index (κ2) is 5.72. The van der Waals surface area contributed by atoms with Gasteiger partial charge in [0.15, 0.2) is 5.78 Å². The number of methoxy groups -OCH3 is 1. The molecular formula is C17H20O4. The number of carbonyl (C=O) groups excluding carboxylic acids is 2. The average Bonchev–Trinajstić information content (AvgIpc) is 2.64. The molecule has 0 heterocycles. The zero-order valence-corrected chi connectivity index (χ0v) is 12.8. The lowest BCUT2D eigenvalue weighted by molar-refractivity contribution is -0.118. The molecule has 0 saturated carbocycles. The fraction of sp³-hybridized carbons (Fsp3) is 0.412. The third-order valence-electron chi connectivity index (χ3n) is 3.80. The van der Waals surface area contributed by atoms with Crippen molar-refractivity contribution in [2.75, 3.05) is 7.11 Å². The van der Waals surface area contributed by atoms with Crippen LogP contribution in [0.3, 0.4) is 0 Å². The van der Waals surface area contributed by atoms with Gasteiger partial charge in [0.1, 0.15) is 17.3 Å². The van der Waals surface area contributed by atoms with Gasteiger partial charge in [-0.2, -0.15) is 0 Å². The van der Waals surface area contributed by atoms with Gasteiger partial charge < -0.3 is 14.6 Å². The van der Waals surface area contributed by atoms with Crippen LogP contribution in [-0.4, -0.2) is 23.8 Å². The van der Waals surface area contributed by atoms with Crippen LogP contribution in [-0.2, 0) is 9.59 Å². The van der Waals surface area contributed by atoms with Gasteiger partial charge >= 0.3 is 0 Å². The van der Waals surface area contributed by atoms with E-state index in [4.69, 9.17) is 4.74 Å². The fourth-order valence-corrected chi connectivity index (χ4v) is 2.96. The van der Waals surface area contributed by atoms with E-state index in [-0.39, 0.29) is 30.2 Å². The number of ketones is 2. The van der Waals surface area contributed by atoms with Crippen LogP contribution in [0.15, 0.2) is 17.9 Å². The number of hydrogen-bond acceptors (Lipinski definition) is 4. The molecule has 0 saturated heterocycles.